The summed E-state index contributed by atoms with van der Waals surface area (Å²) in [6.07, 6.45) is 3.97. The van der Waals surface area contributed by atoms with Gasteiger partial charge in [-0.15, -0.1) is 0 Å². The third kappa shape index (κ3) is 5.48. The van der Waals surface area contributed by atoms with E-state index in [0.29, 0.717) is 5.69 Å². The third-order valence-corrected chi connectivity index (χ3v) is 4.11. The molecule has 0 aliphatic carbocycles. The highest BCUT2D eigenvalue weighted by molar-refractivity contribution is 6.03. The molecular formula is C20H28N4O. The lowest BCUT2D eigenvalue weighted by molar-refractivity contribution is 0.102. The van der Waals surface area contributed by atoms with E-state index < -0.39 is 0 Å². The molecule has 2 aromatic rings. The van der Waals surface area contributed by atoms with Crippen LogP contribution >= 0.6 is 0 Å². The number of nitrogens with zero attached hydrogens (tertiary/aromatic N) is 2. The van der Waals surface area contributed by atoms with E-state index >= 15 is 0 Å². The van der Waals surface area contributed by atoms with Gasteiger partial charge in [0.2, 0.25) is 0 Å². The van der Waals surface area contributed by atoms with Gasteiger partial charge in [-0.25, -0.2) is 4.98 Å². The van der Waals surface area contributed by atoms with Crippen LogP contribution in [0.3, 0.4) is 0 Å². The summed E-state index contributed by atoms with van der Waals surface area (Å²) < 4.78 is 0. The molecule has 0 radical (unpaired) electrons. The lowest BCUT2D eigenvalue weighted by Crippen LogP contribution is -2.21. The summed E-state index contributed by atoms with van der Waals surface area (Å²) in [6.45, 7) is 9.26. The van der Waals surface area contributed by atoms with Crippen molar-refractivity contribution in [1.29, 1.82) is 0 Å². The Labute approximate surface area is 150 Å². The van der Waals surface area contributed by atoms with Crippen LogP contribution in [0.5, 0.6) is 0 Å². The molecule has 0 saturated carbocycles. The zero-order chi connectivity index (χ0) is 18.1. The molecule has 0 bridgehead atoms. The molecule has 2 rings (SSSR count). The van der Waals surface area contributed by atoms with Crippen LogP contribution in [0, 0.1) is 0 Å². The summed E-state index contributed by atoms with van der Waals surface area (Å²) in [5.41, 5.74) is 3.28. The van der Waals surface area contributed by atoms with Gasteiger partial charge in [0.25, 0.3) is 5.91 Å². The molecule has 1 aromatic heterocycles. The van der Waals surface area contributed by atoms with E-state index in [2.05, 4.69) is 41.3 Å². The summed E-state index contributed by atoms with van der Waals surface area (Å²) in [5.74, 6) is -0.198. The highest BCUT2D eigenvalue weighted by Gasteiger charge is 2.08. The van der Waals surface area contributed by atoms with Crippen molar-refractivity contribution in [2.75, 3.05) is 35.2 Å². The SMILES string of the molecule is CCCCNc1ccc(C(=O)Nc2ccc(N(CC)CC)cc2)nc1. The molecule has 0 spiro atoms. The molecular weight excluding hydrogens is 312 g/mol. The molecule has 2 N–H and O–H groups in total. The quantitative estimate of drug-likeness (QED) is 0.665. The van der Waals surface area contributed by atoms with Crippen molar-refractivity contribution in [3.8, 4) is 0 Å². The first-order valence-corrected chi connectivity index (χ1v) is 9.04. The first-order chi connectivity index (χ1) is 12.2. The number of carbonyl (C=O) groups is 1. The van der Waals surface area contributed by atoms with Gasteiger partial charge in [0.1, 0.15) is 5.69 Å². The van der Waals surface area contributed by atoms with Gasteiger partial charge in [-0.2, -0.15) is 0 Å². The number of hydrogen-bond acceptors (Lipinski definition) is 4. The van der Waals surface area contributed by atoms with Crippen molar-refractivity contribution < 1.29 is 4.79 Å². The molecule has 134 valence electrons. The standard InChI is InChI=1S/C20H28N4O/c1-4-7-14-21-17-10-13-19(22-15-17)20(25)23-16-8-11-18(12-9-16)24(5-2)6-3/h8-13,15,21H,4-7,14H2,1-3H3,(H,23,25). The Morgan fingerprint density at radius 2 is 1.68 bits per heavy atom. The Morgan fingerprint density at radius 1 is 1.00 bits per heavy atom. The number of rotatable bonds is 9. The minimum Gasteiger partial charge on any atom is -0.384 e. The molecule has 1 amide bonds. The van der Waals surface area contributed by atoms with Crippen LogP contribution in [0.1, 0.15) is 44.1 Å². The van der Waals surface area contributed by atoms with Crippen LogP contribution in [-0.2, 0) is 0 Å². The van der Waals surface area contributed by atoms with E-state index in [1.807, 2.05) is 30.3 Å². The predicted octanol–water partition coefficient (Wildman–Crippen LogP) is 4.39. The van der Waals surface area contributed by atoms with Gasteiger partial charge in [0.15, 0.2) is 0 Å². The Morgan fingerprint density at radius 3 is 2.24 bits per heavy atom. The molecule has 1 aromatic carbocycles. The van der Waals surface area contributed by atoms with Crippen LogP contribution in [0.25, 0.3) is 0 Å². The number of anilines is 3. The second kappa shape index (κ2) is 9.67. The largest absolute Gasteiger partial charge is 0.384 e. The molecule has 0 saturated heterocycles. The maximum atomic E-state index is 12.3. The number of benzene rings is 1. The van der Waals surface area contributed by atoms with E-state index in [1.54, 1.807) is 12.3 Å². The van der Waals surface area contributed by atoms with Gasteiger partial charge in [-0.3, -0.25) is 4.79 Å². The summed E-state index contributed by atoms with van der Waals surface area (Å²) in [6, 6.07) is 11.5. The van der Waals surface area contributed by atoms with E-state index in [4.69, 9.17) is 0 Å². The Bertz CT molecular complexity index is 648. The highest BCUT2D eigenvalue weighted by atomic mass is 16.1. The Hall–Kier alpha value is -2.56. The van der Waals surface area contributed by atoms with E-state index in [9.17, 15) is 4.79 Å². The summed E-state index contributed by atoms with van der Waals surface area (Å²) in [7, 11) is 0. The summed E-state index contributed by atoms with van der Waals surface area (Å²) in [4.78, 5) is 18.8. The normalized spacial score (nSPS) is 10.4. The summed E-state index contributed by atoms with van der Waals surface area (Å²) >= 11 is 0. The minimum atomic E-state index is -0.198. The van der Waals surface area contributed by atoms with Crippen LogP contribution in [-0.4, -0.2) is 30.5 Å². The lowest BCUT2D eigenvalue weighted by atomic mass is 10.2. The average Bonchev–Trinajstić information content (AvgIpc) is 2.65. The molecule has 0 unspecified atom stereocenters. The number of hydrogen-bond donors (Lipinski definition) is 2. The maximum Gasteiger partial charge on any atom is 0.274 e. The second-order valence-electron chi connectivity index (χ2n) is 5.89. The number of carbonyl (C=O) groups excluding carboxylic acids is 1. The predicted molar refractivity (Wildman–Crippen MR) is 106 cm³/mol. The van der Waals surface area contributed by atoms with Gasteiger partial charge >= 0.3 is 0 Å². The lowest BCUT2D eigenvalue weighted by Gasteiger charge is -2.21. The van der Waals surface area contributed by atoms with Gasteiger partial charge in [0.05, 0.1) is 11.9 Å². The van der Waals surface area contributed by atoms with Gasteiger partial charge in [-0.1, -0.05) is 13.3 Å². The van der Waals surface area contributed by atoms with Crippen LogP contribution in [0.4, 0.5) is 17.1 Å². The van der Waals surface area contributed by atoms with E-state index in [-0.39, 0.29) is 5.91 Å². The van der Waals surface area contributed by atoms with Crippen molar-refractivity contribution in [3.05, 3.63) is 48.3 Å². The number of unbranched alkanes of at least 4 members (excludes halogenated alkanes) is 1. The van der Waals surface area contributed by atoms with Gasteiger partial charge in [0, 0.05) is 31.0 Å². The van der Waals surface area contributed by atoms with Crippen molar-refractivity contribution in [3.63, 3.8) is 0 Å². The molecule has 0 aliphatic heterocycles. The molecule has 5 nitrogen and oxygen atoms in total. The fourth-order valence-corrected chi connectivity index (χ4v) is 2.58. The van der Waals surface area contributed by atoms with Crippen LogP contribution in [0.2, 0.25) is 0 Å². The van der Waals surface area contributed by atoms with Gasteiger partial charge in [-0.05, 0) is 56.7 Å². The fourth-order valence-electron chi connectivity index (χ4n) is 2.58. The highest BCUT2D eigenvalue weighted by Crippen LogP contribution is 2.18. The number of aromatic nitrogens is 1. The van der Waals surface area contributed by atoms with Crippen molar-refractivity contribution in [2.45, 2.75) is 33.6 Å². The first-order valence-electron chi connectivity index (χ1n) is 9.04. The van der Waals surface area contributed by atoms with Crippen molar-refractivity contribution in [2.24, 2.45) is 0 Å². The average molecular weight is 340 g/mol. The van der Waals surface area contributed by atoms with E-state index in [0.717, 1.165) is 49.5 Å². The monoisotopic (exact) mass is 340 g/mol. The van der Waals surface area contributed by atoms with Gasteiger partial charge < -0.3 is 15.5 Å². The second-order valence-corrected chi connectivity index (χ2v) is 5.89. The van der Waals surface area contributed by atoms with Crippen molar-refractivity contribution in [1.82, 2.24) is 4.98 Å². The Balaban J connectivity index is 1.95. The van der Waals surface area contributed by atoms with Crippen molar-refractivity contribution >= 4 is 23.0 Å². The molecule has 5 heteroatoms. The zero-order valence-corrected chi connectivity index (χ0v) is 15.4. The zero-order valence-electron chi connectivity index (χ0n) is 15.4. The van der Waals surface area contributed by atoms with Crippen LogP contribution < -0.4 is 15.5 Å². The first kappa shape index (κ1) is 18.8. The molecule has 0 aliphatic rings. The number of nitrogens with one attached hydrogen (secondary N) is 2. The Kier molecular flexibility index (Phi) is 7.26. The topological polar surface area (TPSA) is 57.3 Å². The third-order valence-electron chi connectivity index (χ3n) is 4.11. The molecule has 1 heterocycles. The molecule has 0 fully saturated rings. The maximum absolute atomic E-state index is 12.3. The minimum absolute atomic E-state index is 0.198. The van der Waals surface area contributed by atoms with E-state index in [1.165, 1.54) is 0 Å². The summed E-state index contributed by atoms with van der Waals surface area (Å²) in [5, 5.41) is 6.18. The van der Waals surface area contributed by atoms with Crippen LogP contribution in [0.15, 0.2) is 42.6 Å². The molecule has 0 atom stereocenters. The smallest absolute Gasteiger partial charge is 0.274 e. The molecule has 25 heavy (non-hydrogen) atoms. The fraction of sp³-hybridized carbons (Fsp3) is 0.400. The number of amides is 1. The number of pyridine rings is 1.